The van der Waals surface area contributed by atoms with E-state index in [1.54, 1.807) is 6.92 Å². The van der Waals surface area contributed by atoms with Gasteiger partial charge in [-0.15, -0.1) is 3.89 Å². The van der Waals surface area contributed by atoms with Crippen LogP contribution in [0.5, 0.6) is 0 Å². The van der Waals surface area contributed by atoms with Gasteiger partial charge in [-0.05, 0) is 6.92 Å². The van der Waals surface area contributed by atoms with E-state index in [0.717, 1.165) is 4.90 Å². The summed E-state index contributed by atoms with van der Waals surface area (Å²) in [5, 5.41) is -1.37. The summed E-state index contributed by atoms with van der Waals surface area (Å²) in [6.45, 7) is 1.37. The smallest absolute Gasteiger partial charge is 0.307 e. The lowest BCUT2D eigenvalue weighted by Crippen LogP contribution is -2.29. The molecule has 1 amide bonds. The summed E-state index contributed by atoms with van der Waals surface area (Å²) in [5.74, 6) is -0.369. The van der Waals surface area contributed by atoms with Crippen molar-refractivity contribution in [2.75, 3.05) is 17.2 Å². The average molecular weight is 274 g/mol. The quantitative estimate of drug-likeness (QED) is 0.747. The zero-order chi connectivity index (χ0) is 13.5. The number of aryl methyl sites for hydroxylation is 1. The molecule has 0 saturated carbocycles. The first-order valence-electron chi connectivity index (χ1n) is 5.12. The topological polar surface area (TPSA) is 106 Å². The number of carbonyl (C=O) groups excluding carboxylic acids is 1. The molecule has 0 aliphatic carbocycles. The molecular weight excluding hydrogens is 263 g/mol. The van der Waals surface area contributed by atoms with E-state index in [1.165, 1.54) is 6.07 Å². The highest BCUT2D eigenvalue weighted by Gasteiger charge is 2.40. The highest BCUT2D eigenvalue weighted by atomic mass is 32.3. The van der Waals surface area contributed by atoms with Crippen LogP contribution < -0.4 is 10.6 Å². The lowest BCUT2D eigenvalue weighted by Gasteiger charge is -2.14. The third-order valence-electron chi connectivity index (χ3n) is 2.59. The predicted molar refractivity (Wildman–Crippen MR) is 62.0 cm³/mol. The highest BCUT2D eigenvalue weighted by Crippen LogP contribution is 2.24. The largest absolute Gasteiger partial charge is 0.384 e. The molecule has 98 valence electrons. The van der Waals surface area contributed by atoms with Crippen molar-refractivity contribution < 1.29 is 17.1 Å². The van der Waals surface area contributed by atoms with Crippen molar-refractivity contribution in [1.29, 1.82) is 0 Å². The number of nitrogen functional groups attached to an aromatic ring is 1. The van der Waals surface area contributed by atoms with Gasteiger partial charge in [-0.3, -0.25) is 9.69 Å². The Balaban J connectivity index is 2.32. The maximum atomic E-state index is 12.8. The van der Waals surface area contributed by atoms with E-state index in [0.29, 0.717) is 5.69 Å². The highest BCUT2D eigenvalue weighted by molar-refractivity contribution is 7.87. The van der Waals surface area contributed by atoms with E-state index >= 15 is 0 Å². The Morgan fingerprint density at radius 2 is 2.17 bits per heavy atom. The molecular formula is C9H11FN4O3S. The molecule has 2 N–H and O–H groups in total. The van der Waals surface area contributed by atoms with E-state index in [2.05, 4.69) is 9.97 Å². The van der Waals surface area contributed by atoms with Gasteiger partial charge < -0.3 is 5.73 Å². The molecule has 7 nitrogen and oxygen atoms in total. The van der Waals surface area contributed by atoms with Gasteiger partial charge in [0.05, 0.1) is 0 Å². The number of nitrogens with zero attached hydrogens (tertiary/aromatic N) is 3. The van der Waals surface area contributed by atoms with E-state index in [1.807, 2.05) is 0 Å². The van der Waals surface area contributed by atoms with Crippen LogP contribution in [0.2, 0.25) is 0 Å². The fraction of sp³-hybridized carbons (Fsp3) is 0.444. The lowest BCUT2D eigenvalue weighted by atomic mass is 10.4. The van der Waals surface area contributed by atoms with Crippen LogP contribution in [0.3, 0.4) is 0 Å². The van der Waals surface area contributed by atoms with Crippen LogP contribution in [0.1, 0.15) is 12.1 Å². The summed E-state index contributed by atoms with van der Waals surface area (Å²) in [6.07, 6.45) is -0.407. The first-order chi connectivity index (χ1) is 8.27. The maximum Gasteiger partial charge on any atom is 0.307 e. The van der Waals surface area contributed by atoms with Crippen molar-refractivity contribution in [3.63, 3.8) is 0 Å². The van der Waals surface area contributed by atoms with Crippen LogP contribution in [0.15, 0.2) is 6.07 Å². The second-order valence-electron chi connectivity index (χ2n) is 4.04. The normalized spacial score (nSPS) is 20.4. The molecule has 1 fully saturated rings. The van der Waals surface area contributed by atoms with Gasteiger partial charge in [-0.25, -0.2) is 4.98 Å². The van der Waals surface area contributed by atoms with Crippen LogP contribution in [-0.4, -0.2) is 36.1 Å². The number of carbonyl (C=O) groups is 1. The maximum absolute atomic E-state index is 12.8. The van der Waals surface area contributed by atoms with Gasteiger partial charge in [0, 0.05) is 24.7 Å². The number of anilines is 2. The summed E-state index contributed by atoms with van der Waals surface area (Å²) in [5.41, 5.74) is 6.05. The molecule has 1 unspecified atom stereocenters. The Hall–Kier alpha value is -1.77. The van der Waals surface area contributed by atoms with Crippen LogP contribution in [0, 0.1) is 6.92 Å². The molecule has 2 rings (SSSR count). The van der Waals surface area contributed by atoms with Gasteiger partial charge in [-0.2, -0.15) is 13.4 Å². The first-order valence-corrected chi connectivity index (χ1v) is 6.57. The van der Waals surface area contributed by atoms with E-state index in [4.69, 9.17) is 5.73 Å². The number of halogens is 1. The SMILES string of the molecule is Cc1cc(N)nc(N2CC(S(=O)(=O)F)CC2=O)n1. The molecule has 0 aromatic carbocycles. The van der Waals surface area contributed by atoms with Crippen molar-refractivity contribution in [2.45, 2.75) is 18.6 Å². The van der Waals surface area contributed by atoms with Crippen molar-refractivity contribution >= 4 is 27.9 Å². The number of aromatic nitrogens is 2. The van der Waals surface area contributed by atoms with Crippen LogP contribution >= 0.6 is 0 Å². The van der Waals surface area contributed by atoms with E-state index in [9.17, 15) is 17.1 Å². The molecule has 0 spiro atoms. The van der Waals surface area contributed by atoms with Crippen LogP contribution in [-0.2, 0) is 15.0 Å². The third kappa shape index (κ3) is 2.40. The molecule has 1 aliphatic heterocycles. The minimum Gasteiger partial charge on any atom is -0.384 e. The van der Waals surface area contributed by atoms with Gasteiger partial charge in [-0.1, -0.05) is 0 Å². The molecule has 1 aliphatic rings. The zero-order valence-electron chi connectivity index (χ0n) is 9.50. The van der Waals surface area contributed by atoms with Gasteiger partial charge in [0.2, 0.25) is 11.9 Å². The Labute approximate surface area is 103 Å². The number of amides is 1. The predicted octanol–water partition coefficient (Wildman–Crippen LogP) is -0.228. The van der Waals surface area contributed by atoms with Crippen LogP contribution in [0.4, 0.5) is 15.7 Å². The second kappa shape index (κ2) is 4.16. The number of hydrogen-bond donors (Lipinski definition) is 1. The summed E-state index contributed by atoms with van der Waals surface area (Å²) in [7, 11) is -4.75. The molecule has 18 heavy (non-hydrogen) atoms. The van der Waals surface area contributed by atoms with Gasteiger partial charge in [0.1, 0.15) is 11.1 Å². The summed E-state index contributed by atoms with van der Waals surface area (Å²) in [4.78, 5) is 20.5. The fourth-order valence-electron chi connectivity index (χ4n) is 1.75. The molecule has 1 saturated heterocycles. The van der Waals surface area contributed by atoms with E-state index in [-0.39, 0.29) is 18.3 Å². The number of nitrogens with two attached hydrogens (primary N) is 1. The molecule has 0 bridgehead atoms. The second-order valence-corrected chi connectivity index (χ2v) is 5.66. The van der Waals surface area contributed by atoms with Crippen molar-refractivity contribution in [3.05, 3.63) is 11.8 Å². The summed E-state index contributed by atoms with van der Waals surface area (Å²) in [6, 6.07) is 1.51. The standard InChI is InChI=1S/C9H11FN4O3S/c1-5-2-7(11)13-9(12-5)14-4-6(3-8(14)15)18(10,16)17/h2,6H,3-4H2,1H3,(H2,11,12,13). The monoisotopic (exact) mass is 274 g/mol. The average Bonchev–Trinajstić information content (AvgIpc) is 2.58. The molecule has 1 aromatic rings. The zero-order valence-corrected chi connectivity index (χ0v) is 10.3. The summed E-state index contributed by atoms with van der Waals surface area (Å²) < 4.78 is 34.4. The van der Waals surface area contributed by atoms with Crippen LogP contribution in [0.25, 0.3) is 0 Å². The third-order valence-corrected chi connectivity index (χ3v) is 3.70. The summed E-state index contributed by atoms with van der Waals surface area (Å²) >= 11 is 0. The molecule has 2 heterocycles. The lowest BCUT2D eigenvalue weighted by molar-refractivity contribution is -0.117. The number of rotatable bonds is 2. The minimum absolute atomic E-state index is 0.00338. The van der Waals surface area contributed by atoms with Gasteiger partial charge >= 0.3 is 10.2 Å². The van der Waals surface area contributed by atoms with Gasteiger partial charge in [0.15, 0.2) is 0 Å². The van der Waals surface area contributed by atoms with Crippen molar-refractivity contribution in [1.82, 2.24) is 9.97 Å². The Morgan fingerprint density at radius 1 is 1.50 bits per heavy atom. The molecule has 1 atom stereocenters. The van der Waals surface area contributed by atoms with Crippen molar-refractivity contribution in [3.8, 4) is 0 Å². The Bertz CT molecular complexity index is 584. The Morgan fingerprint density at radius 3 is 2.67 bits per heavy atom. The fourth-order valence-corrected chi connectivity index (χ4v) is 2.42. The number of hydrogen-bond acceptors (Lipinski definition) is 6. The molecule has 0 radical (unpaired) electrons. The molecule has 9 heteroatoms. The minimum atomic E-state index is -4.75. The van der Waals surface area contributed by atoms with Crippen molar-refractivity contribution in [2.24, 2.45) is 0 Å². The van der Waals surface area contributed by atoms with Gasteiger partial charge in [0.25, 0.3) is 0 Å². The van der Waals surface area contributed by atoms with E-state index < -0.39 is 27.8 Å². The Kier molecular flexibility index (Phi) is 2.93. The molecule has 1 aromatic heterocycles. The first kappa shape index (κ1) is 12.7.